The van der Waals surface area contributed by atoms with Gasteiger partial charge in [0.2, 0.25) is 5.91 Å². The van der Waals surface area contributed by atoms with Gasteiger partial charge in [-0.1, -0.05) is 0 Å². The summed E-state index contributed by atoms with van der Waals surface area (Å²) in [5, 5.41) is 10.4. The minimum Gasteiger partial charge on any atom is -0.338 e. The maximum atomic E-state index is 11.8. The zero-order valence-corrected chi connectivity index (χ0v) is 9.70. The lowest BCUT2D eigenvalue weighted by Gasteiger charge is -2.14. The lowest BCUT2D eigenvalue weighted by Crippen LogP contribution is -2.28. The van der Waals surface area contributed by atoms with Crippen molar-refractivity contribution < 1.29 is 4.79 Å². The number of carbonyl (C=O) groups is 1. The second kappa shape index (κ2) is 4.89. The summed E-state index contributed by atoms with van der Waals surface area (Å²) in [6.07, 6.45) is 1.88. The molecule has 0 saturated heterocycles. The second-order valence-corrected chi connectivity index (χ2v) is 4.27. The van der Waals surface area contributed by atoms with Crippen molar-refractivity contribution in [3.63, 3.8) is 0 Å². The number of hydrogen-bond donors (Lipinski definition) is 1. The molecule has 84 valence electrons. The topological polar surface area (TPSA) is 61.9 Å². The zero-order valence-electron chi connectivity index (χ0n) is 8.88. The van der Waals surface area contributed by atoms with E-state index in [1.807, 2.05) is 16.8 Å². The van der Waals surface area contributed by atoms with Gasteiger partial charge in [-0.15, -0.1) is 0 Å². The number of aromatic amines is 1. The molecule has 2 aromatic rings. The number of aromatic nitrogens is 3. The van der Waals surface area contributed by atoms with E-state index in [1.165, 1.54) is 6.33 Å². The summed E-state index contributed by atoms with van der Waals surface area (Å²) in [7, 11) is 1.76. The molecule has 0 aromatic carbocycles. The first kappa shape index (κ1) is 10.8. The number of amides is 1. The smallest absolute Gasteiger partial charge is 0.227 e. The summed E-state index contributed by atoms with van der Waals surface area (Å²) in [5.41, 5.74) is 1.06. The third-order valence-corrected chi connectivity index (χ3v) is 2.95. The van der Waals surface area contributed by atoms with Gasteiger partial charge in [0.1, 0.15) is 12.2 Å². The maximum absolute atomic E-state index is 11.8. The number of hydrogen-bond acceptors (Lipinski definition) is 4. The monoisotopic (exact) mass is 236 g/mol. The van der Waals surface area contributed by atoms with E-state index in [-0.39, 0.29) is 5.91 Å². The van der Waals surface area contributed by atoms with Crippen LogP contribution in [-0.4, -0.2) is 33.0 Å². The number of H-pyrrole nitrogens is 1. The molecule has 2 aromatic heterocycles. The quantitative estimate of drug-likeness (QED) is 0.863. The van der Waals surface area contributed by atoms with E-state index in [1.54, 1.807) is 23.3 Å². The fourth-order valence-corrected chi connectivity index (χ4v) is 1.99. The Morgan fingerprint density at radius 3 is 3.12 bits per heavy atom. The van der Waals surface area contributed by atoms with Crippen LogP contribution < -0.4 is 0 Å². The first-order valence-electron chi connectivity index (χ1n) is 4.85. The normalized spacial score (nSPS) is 10.3. The molecule has 1 N–H and O–H groups in total. The predicted molar refractivity (Wildman–Crippen MR) is 60.9 cm³/mol. The Hall–Kier alpha value is -1.69. The summed E-state index contributed by atoms with van der Waals surface area (Å²) in [6, 6.07) is 1.96. The Bertz CT molecular complexity index is 437. The second-order valence-electron chi connectivity index (χ2n) is 3.49. The Labute approximate surface area is 97.1 Å². The van der Waals surface area contributed by atoms with E-state index in [9.17, 15) is 4.79 Å². The highest BCUT2D eigenvalue weighted by Crippen LogP contribution is 2.08. The minimum absolute atomic E-state index is 0.0785. The third kappa shape index (κ3) is 2.66. The fraction of sp³-hybridized carbons (Fsp3) is 0.300. The molecule has 0 spiro atoms. The molecule has 5 nitrogen and oxygen atoms in total. The maximum Gasteiger partial charge on any atom is 0.227 e. The van der Waals surface area contributed by atoms with Gasteiger partial charge in [0.05, 0.1) is 13.0 Å². The molecular weight excluding hydrogens is 224 g/mol. The zero-order chi connectivity index (χ0) is 11.4. The average molecular weight is 236 g/mol. The van der Waals surface area contributed by atoms with Crippen LogP contribution in [0.3, 0.4) is 0 Å². The van der Waals surface area contributed by atoms with Crippen molar-refractivity contribution in [1.82, 2.24) is 20.1 Å². The van der Waals surface area contributed by atoms with E-state index in [4.69, 9.17) is 0 Å². The van der Waals surface area contributed by atoms with E-state index in [0.29, 0.717) is 18.8 Å². The van der Waals surface area contributed by atoms with Crippen LogP contribution in [0.1, 0.15) is 11.4 Å². The first-order valence-corrected chi connectivity index (χ1v) is 5.79. The molecule has 0 radical (unpaired) electrons. The highest BCUT2D eigenvalue weighted by atomic mass is 32.1. The van der Waals surface area contributed by atoms with E-state index >= 15 is 0 Å². The molecule has 0 aliphatic heterocycles. The molecule has 2 rings (SSSR count). The van der Waals surface area contributed by atoms with Gasteiger partial charge < -0.3 is 4.90 Å². The molecule has 0 unspecified atom stereocenters. The van der Waals surface area contributed by atoms with Crippen LogP contribution in [0.4, 0.5) is 0 Å². The Morgan fingerprint density at radius 2 is 2.50 bits per heavy atom. The molecule has 0 fully saturated rings. The van der Waals surface area contributed by atoms with E-state index in [0.717, 1.165) is 5.56 Å². The van der Waals surface area contributed by atoms with Crippen molar-refractivity contribution in [2.75, 3.05) is 7.05 Å². The van der Waals surface area contributed by atoms with Gasteiger partial charge in [0, 0.05) is 7.05 Å². The van der Waals surface area contributed by atoms with Gasteiger partial charge in [-0.2, -0.15) is 16.4 Å². The SMILES string of the molecule is CN(Cc1ncn[nH]1)C(=O)Cc1ccsc1. The van der Waals surface area contributed by atoms with E-state index in [2.05, 4.69) is 15.2 Å². The van der Waals surface area contributed by atoms with Crippen LogP contribution in [0.25, 0.3) is 0 Å². The van der Waals surface area contributed by atoms with Crippen molar-refractivity contribution in [2.45, 2.75) is 13.0 Å². The van der Waals surface area contributed by atoms with Gasteiger partial charge >= 0.3 is 0 Å². The van der Waals surface area contributed by atoms with E-state index < -0.39 is 0 Å². The summed E-state index contributed by atoms with van der Waals surface area (Å²) in [4.78, 5) is 17.4. The minimum atomic E-state index is 0.0785. The Morgan fingerprint density at radius 1 is 1.62 bits per heavy atom. The molecule has 2 heterocycles. The lowest BCUT2D eigenvalue weighted by atomic mass is 10.2. The van der Waals surface area contributed by atoms with Gasteiger partial charge in [-0.05, 0) is 22.4 Å². The molecule has 6 heteroatoms. The fourth-order valence-electron chi connectivity index (χ4n) is 1.32. The van der Waals surface area contributed by atoms with Gasteiger partial charge in [0.15, 0.2) is 0 Å². The summed E-state index contributed by atoms with van der Waals surface area (Å²) < 4.78 is 0. The molecular formula is C10H12N4OS. The largest absolute Gasteiger partial charge is 0.338 e. The molecule has 1 amide bonds. The predicted octanol–water partition coefficient (Wildman–Crippen LogP) is 1.07. The van der Waals surface area contributed by atoms with Crippen molar-refractivity contribution in [2.24, 2.45) is 0 Å². The highest BCUT2D eigenvalue weighted by Gasteiger charge is 2.11. The van der Waals surface area contributed by atoms with Crippen LogP contribution in [0, 0.1) is 0 Å². The molecule has 16 heavy (non-hydrogen) atoms. The summed E-state index contributed by atoms with van der Waals surface area (Å²) >= 11 is 1.60. The summed E-state index contributed by atoms with van der Waals surface area (Å²) in [6.45, 7) is 0.461. The molecule has 0 bridgehead atoms. The summed E-state index contributed by atoms with van der Waals surface area (Å²) in [5.74, 6) is 0.774. The van der Waals surface area contributed by atoms with Crippen LogP contribution in [-0.2, 0) is 17.8 Å². The van der Waals surface area contributed by atoms with Crippen molar-refractivity contribution >= 4 is 17.2 Å². The molecule has 0 atom stereocenters. The van der Waals surface area contributed by atoms with Gasteiger partial charge in [-0.25, -0.2) is 4.98 Å². The Balaban J connectivity index is 1.90. The number of thiophene rings is 1. The van der Waals surface area contributed by atoms with Gasteiger partial charge in [0.25, 0.3) is 0 Å². The van der Waals surface area contributed by atoms with Crippen LogP contribution in [0.5, 0.6) is 0 Å². The Kier molecular flexibility index (Phi) is 3.31. The molecule has 0 saturated carbocycles. The molecule has 0 aliphatic carbocycles. The standard InChI is InChI=1S/C10H12N4OS/c1-14(5-9-11-7-12-13-9)10(15)4-8-2-3-16-6-8/h2-3,6-7H,4-5H2,1H3,(H,11,12,13). The van der Waals surface area contributed by atoms with Crippen molar-refractivity contribution in [1.29, 1.82) is 0 Å². The van der Waals surface area contributed by atoms with Crippen LogP contribution >= 0.6 is 11.3 Å². The van der Waals surface area contributed by atoms with Gasteiger partial charge in [-0.3, -0.25) is 9.89 Å². The first-order chi connectivity index (χ1) is 7.75. The number of nitrogens with zero attached hydrogens (tertiary/aromatic N) is 3. The lowest BCUT2D eigenvalue weighted by molar-refractivity contribution is -0.129. The number of nitrogens with one attached hydrogen (secondary N) is 1. The van der Waals surface area contributed by atoms with Crippen molar-refractivity contribution in [3.05, 3.63) is 34.5 Å². The highest BCUT2D eigenvalue weighted by molar-refractivity contribution is 7.07. The number of likely N-dealkylation sites (N-methyl/N-ethyl adjacent to an activating group) is 1. The van der Waals surface area contributed by atoms with Crippen molar-refractivity contribution in [3.8, 4) is 0 Å². The number of carbonyl (C=O) groups excluding carboxylic acids is 1. The van der Waals surface area contributed by atoms with Crippen LogP contribution in [0.15, 0.2) is 23.2 Å². The average Bonchev–Trinajstić information content (AvgIpc) is 2.90. The third-order valence-electron chi connectivity index (χ3n) is 2.21. The number of rotatable bonds is 4. The van der Waals surface area contributed by atoms with Crippen LogP contribution in [0.2, 0.25) is 0 Å². The molecule has 0 aliphatic rings.